The van der Waals surface area contributed by atoms with Crippen molar-refractivity contribution in [2.45, 2.75) is 13.1 Å². The molecule has 0 radical (unpaired) electrons. The standard InChI is InChI=1S/C16H21N3/c17-18-11-12-19(13-15-7-3-1-4-8-15)14-16-9-5-2-6-10-16/h1-10,18H,11-14,17H2. The van der Waals surface area contributed by atoms with E-state index in [1.165, 1.54) is 11.1 Å². The van der Waals surface area contributed by atoms with Gasteiger partial charge in [-0.05, 0) is 11.1 Å². The summed E-state index contributed by atoms with van der Waals surface area (Å²) >= 11 is 0. The summed E-state index contributed by atoms with van der Waals surface area (Å²) in [5, 5.41) is 0. The van der Waals surface area contributed by atoms with Crippen molar-refractivity contribution in [3.8, 4) is 0 Å². The number of benzene rings is 2. The van der Waals surface area contributed by atoms with Gasteiger partial charge >= 0.3 is 0 Å². The molecule has 0 bridgehead atoms. The van der Waals surface area contributed by atoms with E-state index in [1.807, 2.05) is 12.1 Å². The van der Waals surface area contributed by atoms with Crippen LogP contribution in [0.4, 0.5) is 0 Å². The lowest BCUT2D eigenvalue weighted by Crippen LogP contribution is -2.34. The highest BCUT2D eigenvalue weighted by Gasteiger charge is 2.06. The zero-order valence-corrected chi connectivity index (χ0v) is 11.1. The Labute approximate surface area is 115 Å². The number of hydrazine groups is 1. The van der Waals surface area contributed by atoms with Crippen molar-refractivity contribution in [1.82, 2.24) is 10.3 Å². The molecule has 2 rings (SSSR count). The molecule has 0 aromatic heterocycles. The van der Waals surface area contributed by atoms with Crippen molar-refractivity contribution in [2.24, 2.45) is 5.84 Å². The third-order valence-corrected chi connectivity index (χ3v) is 3.07. The van der Waals surface area contributed by atoms with E-state index in [-0.39, 0.29) is 0 Å². The molecule has 0 aliphatic carbocycles. The first-order chi connectivity index (χ1) is 9.38. The van der Waals surface area contributed by atoms with Crippen molar-refractivity contribution in [2.75, 3.05) is 13.1 Å². The zero-order valence-electron chi connectivity index (χ0n) is 11.1. The Morgan fingerprint density at radius 1 is 0.789 bits per heavy atom. The second-order valence-electron chi connectivity index (χ2n) is 4.64. The minimum absolute atomic E-state index is 0.791. The van der Waals surface area contributed by atoms with E-state index in [0.29, 0.717) is 0 Å². The Balaban J connectivity index is 1.99. The summed E-state index contributed by atoms with van der Waals surface area (Å²) < 4.78 is 0. The quantitative estimate of drug-likeness (QED) is 0.588. The second-order valence-corrected chi connectivity index (χ2v) is 4.64. The van der Waals surface area contributed by atoms with Crippen LogP contribution in [0.3, 0.4) is 0 Å². The van der Waals surface area contributed by atoms with Crippen LogP contribution in [0.5, 0.6) is 0 Å². The van der Waals surface area contributed by atoms with Gasteiger partial charge in [0.05, 0.1) is 0 Å². The zero-order chi connectivity index (χ0) is 13.3. The predicted octanol–water partition coefficient (Wildman–Crippen LogP) is 2.15. The maximum atomic E-state index is 5.39. The molecule has 0 heterocycles. The Morgan fingerprint density at radius 2 is 1.26 bits per heavy atom. The van der Waals surface area contributed by atoms with E-state index < -0.39 is 0 Å². The largest absolute Gasteiger partial charge is 0.294 e. The van der Waals surface area contributed by atoms with Crippen LogP contribution in [-0.4, -0.2) is 18.0 Å². The van der Waals surface area contributed by atoms with Gasteiger partial charge in [0.25, 0.3) is 0 Å². The summed E-state index contributed by atoms with van der Waals surface area (Å²) in [6.07, 6.45) is 0. The molecule has 0 atom stereocenters. The SMILES string of the molecule is NNCCN(Cc1ccccc1)Cc1ccccc1. The van der Waals surface area contributed by atoms with Crippen LogP contribution in [0, 0.1) is 0 Å². The molecule has 0 amide bonds. The van der Waals surface area contributed by atoms with E-state index in [4.69, 9.17) is 5.84 Å². The molecule has 0 aliphatic rings. The second kappa shape index (κ2) is 7.69. The number of nitrogens with one attached hydrogen (secondary N) is 1. The molecule has 19 heavy (non-hydrogen) atoms. The molecule has 2 aromatic rings. The van der Waals surface area contributed by atoms with Gasteiger partial charge in [0.15, 0.2) is 0 Å². The molecule has 3 nitrogen and oxygen atoms in total. The van der Waals surface area contributed by atoms with Gasteiger partial charge in [0.2, 0.25) is 0 Å². The molecule has 0 fully saturated rings. The fourth-order valence-corrected chi connectivity index (χ4v) is 2.12. The molecule has 3 N–H and O–H groups in total. The van der Waals surface area contributed by atoms with Crippen LogP contribution in [0.1, 0.15) is 11.1 Å². The van der Waals surface area contributed by atoms with Gasteiger partial charge in [-0.1, -0.05) is 60.7 Å². The summed E-state index contributed by atoms with van der Waals surface area (Å²) in [5.74, 6) is 5.39. The summed E-state index contributed by atoms with van der Waals surface area (Å²) in [6, 6.07) is 21.1. The van der Waals surface area contributed by atoms with Crippen molar-refractivity contribution < 1.29 is 0 Å². The highest BCUT2D eigenvalue weighted by molar-refractivity contribution is 5.17. The third kappa shape index (κ3) is 4.83. The summed E-state index contributed by atoms with van der Waals surface area (Å²) in [7, 11) is 0. The van der Waals surface area contributed by atoms with E-state index in [0.717, 1.165) is 26.2 Å². The summed E-state index contributed by atoms with van der Waals surface area (Å²) in [6.45, 7) is 3.61. The van der Waals surface area contributed by atoms with Gasteiger partial charge < -0.3 is 0 Å². The molecule has 0 spiro atoms. The fourth-order valence-electron chi connectivity index (χ4n) is 2.12. The normalized spacial score (nSPS) is 10.8. The molecule has 0 saturated carbocycles. The van der Waals surface area contributed by atoms with Crippen molar-refractivity contribution in [3.05, 3.63) is 71.8 Å². The monoisotopic (exact) mass is 255 g/mol. The average Bonchev–Trinajstić information content (AvgIpc) is 2.47. The highest BCUT2D eigenvalue weighted by atomic mass is 15.2. The van der Waals surface area contributed by atoms with Gasteiger partial charge in [-0.15, -0.1) is 0 Å². The lowest BCUT2D eigenvalue weighted by molar-refractivity contribution is 0.257. The van der Waals surface area contributed by atoms with E-state index in [2.05, 4.69) is 58.9 Å². The Hall–Kier alpha value is -1.68. The molecule has 0 aliphatic heterocycles. The Bertz CT molecular complexity index is 414. The van der Waals surface area contributed by atoms with Crippen molar-refractivity contribution in [1.29, 1.82) is 0 Å². The number of hydrogen-bond acceptors (Lipinski definition) is 3. The molecular formula is C16H21N3. The maximum Gasteiger partial charge on any atom is 0.0237 e. The van der Waals surface area contributed by atoms with Gasteiger partial charge in [-0.25, -0.2) is 0 Å². The van der Waals surface area contributed by atoms with Crippen LogP contribution in [-0.2, 0) is 13.1 Å². The molecule has 0 unspecified atom stereocenters. The summed E-state index contributed by atoms with van der Waals surface area (Å²) in [4.78, 5) is 2.39. The topological polar surface area (TPSA) is 41.3 Å². The highest BCUT2D eigenvalue weighted by Crippen LogP contribution is 2.09. The van der Waals surface area contributed by atoms with Crippen LogP contribution in [0.2, 0.25) is 0 Å². The fraction of sp³-hybridized carbons (Fsp3) is 0.250. The lowest BCUT2D eigenvalue weighted by Gasteiger charge is -2.22. The Kier molecular flexibility index (Phi) is 5.56. The first-order valence-electron chi connectivity index (χ1n) is 6.62. The van der Waals surface area contributed by atoms with Crippen LogP contribution in [0.15, 0.2) is 60.7 Å². The minimum Gasteiger partial charge on any atom is -0.294 e. The first-order valence-corrected chi connectivity index (χ1v) is 6.62. The van der Waals surface area contributed by atoms with Crippen LogP contribution < -0.4 is 11.3 Å². The van der Waals surface area contributed by atoms with Gasteiger partial charge in [0, 0.05) is 26.2 Å². The maximum absolute atomic E-state index is 5.39. The van der Waals surface area contributed by atoms with Gasteiger partial charge in [0.1, 0.15) is 0 Å². The lowest BCUT2D eigenvalue weighted by atomic mass is 10.1. The van der Waals surface area contributed by atoms with Crippen molar-refractivity contribution in [3.63, 3.8) is 0 Å². The molecular weight excluding hydrogens is 234 g/mol. The van der Waals surface area contributed by atoms with Crippen molar-refractivity contribution >= 4 is 0 Å². The van der Waals surface area contributed by atoms with E-state index in [9.17, 15) is 0 Å². The first kappa shape index (κ1) is 13.7. The van der Waals surface area contributed by atoms with Gasteiger partial charge in [-0.3, -0.25) is 16.2 Å². The molecule has 100 valence electrons. The minimum atomic E-state index is 0.791. The number of nitrogens with two attached hydrogens (primary N) is 1. The van der Waals surface area contributed by atoms with Crippen LogP contribution >= 0.6 is 0 Å². The number of hydrogen-bond donors (Lipinski definition) is 2. The average molecular weight is 255 g/mol. The molecule has 2 aromatic carbocycles. The van der Waals surface area contributed by atoms with E-state index in [1.54, 1.807) is 0 Å². The number of nitrogens with zero attached hydrogens (tertiary/aromatic N) is 1. The number of rotatable bonds is 7. The smallest absolute Gasteiger partial charge is 0.0237 e. The summed E-state index contributed by atoms with van der Waals surface area (Å²) in [5.41, 5.74) is 5.39. The Morgan fingerprint density at radius 3 is 1.68 bits per heavy atom. The molecule has 3 heteroatoms. The third-order valence-electron chi connectivity index (χ3n) is 3.07. The van der Waals surface area contributed by atoms with Gasteiger partial charge in [-0.2, -0.15) is 0 Å². The van der Waals surface area contributed by atoms with E-state index >= 15 is 0 Å². The molecule has 0 saturated heterocycles. The predicted molar refractivity (Wildman–Crippen MR) is 79.2 cm³/mol. The van der Waals surface area contributed by atoms with Crippen LogP contribution in [0.25, 0.3) is 0 Å².